The van der Waals surface area contributed by atoms with E-state index in [1.807, 2.05) is 72.8 Å². The second kappa shape index (κ2) is 10.9. The van der Waals surface area contributed by atoms with Crippen molar-refractivity contribution in [1.82, 2.24) is 19.5 Å². The maximum absolute atomic E-state index is 6.34. The van der Waals surface area contributed by atoms with Crippen LogP contribution in [0.4, 0.5) is 0 Å². The quantitative estimate of drug-likeness (QED) is 0.187. The Kier molecular flexibility index (Phi) is 6.05. The number of hydrogen-bond acceptors (Lipinski definition) is 5. The summed E-state index contributed by atoms with van der Waals surface area (Å²) in [4.78, 5) is 15.0. The first-order valence-corrected chi connectivity index (χ1v) is 17.8. The van der Waals surface area contributed by atoms with Crippen LogP contribution in [0.1, 0.15) is 0 Å². The number of hydrogen-bond donors (Lipinski definition) is 0. The smallest absolute Gasteiger partial charge is 0.165 e. The molecule has 0 fully saturated rings. The highest BCUT2D eigenvalue weighted by atomic mass is 32.1. The molecule has 1 aliphatic heterocycles. The van der Waals surface area contributed by atoms with Crippen molar-refractivity contribution in [2.24, 2.45) is 0 Å². The van der Waals surface area contributed by atoms with Crippen molar-refractivity contribution in [2.45, 2.75) is 0 Å². The molecule has 11 rings (SSSR count). The van der Waals surface area contributed by atoms with Crippen LogP contribution in [0.15, 0.2) is 158 Å². The molecule has 3 aromatic heterocycles. The zero-order valence-corrected chi connectivity index (χ0v) is 27.9. The van der Waals surface area contributed by atoms with Crippen molar-refractivity contribution in [2.75, 3.05) is 0 Å². The molecule has 4 heterocycles. The number of ether oxygens (including phenoxy) is 1. The molecule has 0 spiro atoms. The van der Waals surface area contributed by atoms with Crippen LogP contribution in [-0.4, -0.2) is 19.5 Å². The van der Waals surface area contributed by atoms with Crippen molar-refractivity contribution >= 4 is 53.3 Å². The molecule has 0 saturated heterocycles. The fourth-order valence-corrected chi connectivity index (χ4v) is 8.73. The Labute approximate surface area is 296 Å². The van der Waals surface area contributed by atoms with Gasteiger partial charge in [-0.2, -0.15) is 0 Å². The minimum absolute atomic E-state index is 0.661. The summed E-state index contributed by atoms with van der Waals surface area (Å²) in [6.45, 7) is 0. The maximum atomic E-state index is 6.34. The van der Waals surface area contributed by atoms with Crippen molar-refractivity contribution < 1.29 is 4.74 Å². The lowest BCUT2D eigenvalue weighted by atomic mass is 10.0. The van der Waals surface area contributed by atoms with E-state index in [-0.39, 0.29) is 0 Å². The SMILES string of the molecule is c1ccc(-c2nc(-c3ccccc3)nc(-c3cccc4c3sc3cc(-c5ccc6c(c5)c5cccc7c5n6-c5ccccc5O7)ccc34)n2)cc1. The Morgan fingerprint density at radius 1 is 0.451 bits per heavy atom. The Balaban J connectivity index is 1.06. The lowest BCUT2D eigenvalue weighted by Gasteiger charge is -2.20. The zero-order chi connectivity index (χ0) is 33.5. The Bertz CT molecular complexity index is 2940. The van der Waals surface area contributed by atoms with Crippen molar-refractivity contribution in [3.05, 3.63) is 158 Å². The molecular weight excluding hydrogens is 645 g/mol. The molecule has 7 aromatic carbocycles. The van der Waals surface area contributed by atoms with Gasteiger partial charge in [-0.15, -0.1) is 11.3 Å². The highest BCUT2D eigenvalue weighted by Crippen LogP contribution is 2.46. The van der Waals surface area contributed by atoms with E-state index >= 15 is 0 Å². The van der Waals surface area contributed by atoms with Crippen LogP contribution in [0.5, 0.6) is 11.5 Å². The lowest BCUT2D eigenvalue weighted by molar-refractivity contribution is 0.476. The molecule has 5 nitrogen and oxygen atoms in total. The van der Waals surface area contributed by atoms with Gasteiger partial charge >= 0.3 is 0 Å². The second-order valence-corrected chi connectivity index (χ2v) is 13.9. The van der Waals surface area contributed by atoms with Gasteiger partial charge < -0.3 is 9.30 Å². The Morgan fingerprint density at radius 2 is 1.10 bits per heavy atom. The number of fused-ring (bicyclic) bond motifs is 8. The molecule has 0 aliphatic carbocycles. The minimum Gasteiger partial charge on any atom is -0.453 e. The van der Waals surface area contributed by atoms with Gasteiger partial charge in [0.2, 0.25) is 0 Å². The molecule has 51 heavy (non-hydrogen) atoms. The summed E-state index contributed by atoms with van der Waals surface area (Å²) in [5.74, 6) is 3.75. The van der Waals surface area contributed by atoms with E-state index in [1.54, 1.807) is 11.3 Å². The predicted molar refractivity (Wildman–Crippen MR) is 209 cm³/mol. The monoisotopic (exact) mass is 670 g/mol. The molecule has 6 heteroatoms. The summed E-state index contributed by atoms with van der Waals surface area (Å²) in [6, 6.07) is 54.9. The summed E-state index contributed by atoms with van der Waals surface area (Å²) >= 11 is 1.79. The molecule has 10 aromatic rings. The van der Waals surface area contributed by atoms with Gasteiger partial charge in [0.05, 0.1) is 16.7 Å². The van der Waals surface area contributed by atoms with Gasteiger partial charge in [-0.25, -0.2) is 15.0 Å². The molecule has 238 valence electrons. The van der Waals surface area contributed by atoms with E-state index in [0.29, 0.717) is 17.5 Å². The van der Waals surface area contributed by atoms with Crippen LogP contribution in [0, 0.1) is 0 Å². The second-order valence-electron chi connectivity index (χ2n) is 12.8. The summed E-state index contributed by atoms with van der Waals surface area (Å²) in [5.41, 5.74) is 8.63. The van der Waals surface area contributed by atoms with Crippen LogP contribution in [0.2, 0.25) is 0 Å². The molecule has 0 atom stereocenters. The largest absolute Gasteiger partial charge is 0.453 e. The molecule has 0 saturated carbocycles. The molecule has 1 aliphatic rings. The van der Waals surface area contributed by atoms with Gasteiger partial charge in [-0.1, -0.05) is 115 Å². The number of nitrogens with zero attached hydrogens (tertiary/aromatic N) is 4. The number of para-hydroxylation sites is 3. The summed E-state index contributed by atoms with van der Waals surface area (Å²) in [7, 11) is 0. The lowest BCUT2D eigenvalue weighted by Crippen LogP contribution is -2.03. The van der Waals surface area contributed by atoms with Gasteiger partial charge in [-0.05, 0) is 53.6 Å². The highest BCUT2D eigenvalue weighted by molar-refractivity contribution is 7.26. The van der Waals surface area contributed by atoms with Gasteiger partial charge in [0.15, 0.2) is 29.0 Å². The third kappa shape index (κ3) is 4.37. The van der Waals surface area contributed by atoms with Gasteiger partial charge in [0.25, 0.3) is 0 Å². The summed E-state index contributed by atoms with van der Waals surface area (Å²) < 4.78 is 11.1. The van der Waals surface area contributed by atoms with Gasteiger partial charge in [0, 0.05) is 47.6 Å². The number of rotatable bonds is 4. The molecule has 0 bridgehead atoms. The molecule has 0 unspecified atom stereocenters. The third-order valence-corrected chi connectivity index (χ3v) is 11.1. The van der Waals surface area contributed by atoms with Crippen LogP contribution in [0.25, 0.3) is 93.0 Å². The zero-order valence-electron chi connectivity index (χ0n) is 27.1. The number of benzene rings is 7. The highest BCUT2D eigenvalue weighted by Gasteiger charge is 2.24. The first-order valence-electron chi connectivity index (χ1n) is 16.9. The standard InChI is InChI=1S/C45H26N4OS/c1-3-11-27(12-4-1)43-46-44(28-13-5-2-6-14-28)48-45(47-43)34-17-9-16-33-31-23-21-30(26-40(31)51-42(33)34)29-22-24-36-35(25-29)32-15-10-20-39-41(32)49(36)37-18-7-8-19-38(37)50-39/h1-26H. The first kappa shape index (κ1) is 28.2. The van der Waals surface area contributed by atoms with Gasteiger partial charge in [0.1, 0.15) is 0 Å². The number of aromatic nitrogens is 4. The van der Waals surface area contributed by atoms with E-state index in [9.17, 15) is 0 Å². The molecule has 0 radical (unpaired) electrons. The van der Waals surface area contributed by atoms with E-state index in [1.165, 1.54) is 42.9 Å². The van der Waals surface area contributed by atoms with Crippen molar-refractivity contribution in [1.29, 1.82) is 0 Å². The normalized spacial score (nSPS) is 12.1. The van der Waals surface area contributed by atoms with Crippen molar-refractivity contribution in [3.63, 3.8) is 0 Å². The molecular formula is C45H26N4OS. The topological polar surface area (TPSA) is 52.8 Å². The molecule has 0 N–H and O–H groups in total. The Hall–Kier alpha value is -6.63. The van der Waals surface area contributed by atoms with Crippen LogP contribution >= 0.6 is 11.3 Å². The van der Waals surface area contributed by atoms with Gasteiger partial charge in [-0.3, -0.25) is 0 Å². The van der Waals surface area contributed by atoms with Crippen molar-refractivity contribution in [3.8, 4) is 62.5 Å². The van der Waals surface area contributed by atoms with Crippen LogP contribution in [-0.2, 0) is 0 Å². The minimum atomic E-state index is 0.661. The summed E-state index contributed by atoms with van der Waals surface area (Å²) in [6.07, 6.45) is 0. The average molecular weight is 671 g/mol. The van der Waals surface area contributed by atoms with Crippen LogP contribution < -0.4 is 4.74 Å². The van der Waals surface area contributed by atoms with E-state index < -0.39 is 0 Å². The average Bonchev–Trinajstić information content (AvgIpc) is 3.75. The molecule has 0 amide bonds. The number of thiophene rings is 1. The fraction of sp³-hybridized carbons (Fsp3) is 0. The predicted octanol–water partition coefficient (Wildman–Crippen LogP) is 12.1. The maximum Gasteiger partial charge on any atom is 0.165 e. The Morgan fingerprint density at radius 3 is 1.90 bits per heavy atom. The summed E-state index contributed by atoms with van der Waals surface area (Å²) in [5, 5.41) is 4.82. The fourth-order valence-electron chi connectivity index (χ4n) is 7.48. The van der Waals surface area contributed by atoms with Crippen LogP contribution in [0.3, 0.4) is 0 Å². The van der Waals surface area contributed by atoms with E-state index in [4.69, 9.17) is 19.7 Å². The third-order valence-electron chi connectivity index (χ3n) is 9.85. The van der Waals surface area contributed by atoms with E-state index in [0.717, 1.165) is 44.1 Å². The van der Waals surface area contributed by atoms with E-state index in [2.05, 4.69) is 89.5 Å². The first-order chi connectivity index (χ1) is 25.3.